The molecule has 0 saturated carbocycles. The molecule has 0 aliphatic carbocycles. The van der Waals surface area contributed by atoms with E-state index in [4.69, 9.17) is 25.8 Å². The molecule has 4 rings (SSSR count). The molecule has 2 N–H and O–H groups in total. The van der Waals surface area contributed by atoms with Crippen LogP contribution in [-0.4, -0.2) is 38.7 Å². The predicted octanol–water partition coefficient (Wildman–Crippen LogP) is 5.19. The highest BCUT2D eigenvalue weighted by molar-refractivity contribution is 6.30. The molecule has 1 heterocycles. The van der Waals surface area contributed by atoms with Crippen molar-refractivity contribution in [1.29, 1.82) is 0 Å². The van der Waals surface area contributed by atoms with Gasteiger partial charge in [0.2, 0.25) is 0 Å². The van der Waals surface area contributed by atoms with Crippen LogP contribution in [0.3, 0.4) is 0 Å². The molecule has 0 spiro atoms. The van der Waals surface area contributed by atoms with Crippen LogP contribution in [0.1, 0.15) is 28.4 Å². The number of halogens is 1. The van der Waals surface area contributed by atoms with Gasteiger partial charge in [0, 0.05) is 22.7 Å². The van der Waals surface area contributed by atoms with Gasteiger partial charge >= 0.3 is 0 Å². The number of amides is 2. The molecular weight excluding hydrogens is 504 g/mol. The summed E-state index contributed by atoms with van der Waals surface area (Å²) in [5.41, 5.74) is 3.11. The molecule has 0 saturated heterocycles. The van der Waals surface area contributed by atoms with E-state index in [-0.39, 0.29) is 11.8 Å². The largest absolute Gasteiger partial charge is 0.493 e. The average Bonchev–Trinajstić information content (AvgIpc) is 2.93. The highest BCUT2D eigenvalue weighted by Crippen LogP contribution is 2.30. The van der Waals surface area contributed by atoms with Crippen LogP contribution in [0.4, 0.5) is 0 Å². The fraction of sp³-hybridized carbons (Fsp3) is 0.200. The number of carbonyl (C=O) groups excluding carboxylic acids is 2. The Bertz CT molecular complexity index is 1380. The summed E-state index contributed by atoms with van der Waals surface area (Å²) in [7, 11) is 3.16. The molecule has 0 fully saturated rings. The lowest BCUT2D eigenvalue weighted by Gasteiger charge is -2.23. The summed E-state index contributed by atoms with van der Waals surface area (Å²) >= 11 is 5.96. The minimum atomic E-state index is -0.423. The van der Waals surface area contributed by atoms with Crippen LogP contribution in [0.5, 0.6) is 17.2 Å². The Morgan fingerprint density at radius 1 is 1.00 bits per heavy atom. The minimum absolute atomic E-state index is 0.110. The molecule has 8 heteroatoms. The first-order valence-corrected chi connectivity index (χ1v) is 12.5. The van der Waals surface area contributed by atoms with Crippen molar-refractivity contribution < 1.29 is 23.8 Å². The van der Waals surface area contributed by atoms with Crippen molar-refractivity contribution in [2.75, 3.05) is 20.8 Å². The van der Waals surface area contributed by atoms with Crippen LogP contribution in [0, 0.1) is 0 Å². The Kier molecular flexibility index (Phi) is 8.71. The fourth-order valence-electron chi connectivity index (χ4n) is 3.99. The number of fused-ring (bicyclic) bond motifs is 1. The second-order valence-corrected chi connectivity index (χ2v) is 9.09. The van der Waals surface area contributed by atoms with E-state index in [1.807, 2.05) is 55.5 Å². The Labute approximate surface area is 227 Å². The van der Waals surface area contributed by atoms with Gasteiger partial charge < -0.3 is 24.8 Å². The van der Waals surface area contributed by atoms with E-state index >= 15 is 0 Å². The zero-order chi connectivity index (χ0) is 27.1. The number of rotatable bonds is 9. The van der Waals surface area contributed by atoms with Crippen LogP contribution < -0.4 is 24.8 Å². The third-order valence-electron chi connectivity index (χ3n) is 6.07. The van der Waals surface area contributed by atoms with Gasteiger partial charge in [-0.05, 0) is 79.1 Å². The third kappa shape index (κ3) is 6.55. The average molecular weight is 533 g/mol. The van der Waals surface area contributed by atoms with Gasteiger partial charge in [0.05, 0.1) is 14.2 Å². The monoisotopic (exact) mass is 532 g/mol. The lowest BCUT2D eigenvalue weighted by atomic mass is 10.0. The maximum Gasteiger partial charge on any atom is 0.267 e. The molecule has 0 bridgehead atoms. The molecule has 2 amide bonds. The maximum absolute atomic E-state index is 13.3. The van der Waals surface area contributed by atoms with Crippen molar-refractivity contribution in [3.8, 4) is 17.2 Å². The predicted molar refractivity (Wildman–Crippen MR) is 148 cm³/mol. The van der Waals surface area contributed by atoms with E-state index in [2.05, 4.69) is 10.6 Å². The van der Waals surface area contributed by atoms with E-state index in [9.17, 15) is 9.59 Å². The summed E-state index contributed by atoms with van der Waals surface area (Å²) in [6.07, 6.45) is 3.85. The van der Waals surface area contributed by atoms with E-state index < -0.39 is 11.8 Å². The molecule has 3 aromatic rings. The normalized spacial score (nSPS) is 14.5. The summed E-state index contributed by atoms with van der Waals surface area (Å²) in [5.74, 6) is 1.18. The summed E-state index contributed by atoms with van der Waals surface area (Å²) in [4.78, 5) is 26.2. The van der Waals surface area contributed by atoms with Crippen molar-refractivity contribution >= 4 is 29.5 Å². The number of methoxy groups -OCH3 is 2. The number of benzene rings is 3. The Balaban J connectivity index is 1.54. The first kappa shape index (κ1) is 26.8. The van der Waals surface area contributed by atoms with Crippen molar-refractivity contribution in [1.82, 2.24) is 10.6 Å². The number of carbonyl (C=O) groups is 2. The smallest absolute Gasteiger partial charge is 0.267 e. The molecule has 3 aromatic carbocycles. The third-order valence-corrected chi connectivity index (χ3v) is 6.32. The highest BCUT2D eigenvalue weighted by Gasteiger charge is 2.21. The molecule has 196 valence electrons. The van der Waals surface area contributed by atoms with E-state index in [0.29, 0.717) is 35.1 Å². The lowest BCUT2D eigenvalue weighted by Crippen LogP contribution is -2.36. The fourth-order valence-corrected chi connectivity index (χ4v) is 4.12. The van der Waals surface area contributed by atoms with Gasteiger partial charge in [0.25, 0.3) is 11.8 Å². The van der Waals surface area contributed by atoms with Crippen molar-refractivity contribution in [2.24, 2.45) is 0 Å². The topological polar surface area (TPSA) is 85.9 Å². The van der Waals surface area contributed by atoms with Crippen molar-refractivity contribution in [3.05, 3.63) is 106 Å². The molecule has 0 aromatic heterocycles. The van der Waals surface area contributed by atoms with Crippen LogP contribution in [-0.2, 0) is 11.2 Å². The number of nitrogens with one attached hydrogen (secondary N) is 2. The summed E-state index contributed by atoms with van der Waals surface area (Å²) in [6, 6.07) is 19.7. The SMILES string of the molecule is COc1ccc(CCNC(=O)/C(=C/C2=Cc3ccccc3OC2C)NC(=O)c2ccc(Cl)cc2)cc1OC. The Hall–Kier alpha value is -4.23. The first-order valence-electron chi connectivity index (χ1n) is 12.1. The van der Waals surface area contributed by atoms with Crippen LogP contribution in [0.15, 0.2) is 84.1 Å². The van der Waals surface area contributed by atoms with E-state index in [0.717, 1.165) is 22.4 Å². The highest BCUT2D eigenvalue weighted by atomic mass is 35.5. The molecule has 0 radical (unpaired) electrons. The molecule has 1 unspecified atom stereocenters. The van der Waals surface area contributed by atoms with Gasteiger partial charge in [0.1, 0.15) is 17.6 Å². The standard InChI is InChI=1S/C30H29ClN2O5/c1-19-23(17-22-6-4-5-7-26(22)38-19)18-25(33-29(34)21-9-11-24(31)12-10-21)30(35)32-15-14-20-8-13-27(36-2)28(16-20)37-3/h4-13,16-19H,14-15H2,1-3H3,(H,32,35)(H,33,34)/b25-18-. The zero-order valence-electron chi connectivity index (χ0n) is 21.4. The van der Waals surface area contributed by atoms with Gasteiger partial charge in [0.15, 0.2) is 11.5 Å². The molecule has 1 aliphatic rings. The molecule has 38 heavy (non-hydrogen) atoms. The molecule has 1 atom stereocenters. The summed E-state index contributed by atoms with van der Waals surface area (Å²) in [6.45, 7) is 2.24. The van der Waals surface area contributed by atoms with Crippen molar-refractivity contribution in [2.45, 2.75) is 19.4 Å². The summed E-state index contributed by atoms with van der Waals surface area (Å²) < 4.78 is 16.7. The quantitative estimate of drug-likeness (QED) is 0.370. The summed E-state index contributed by atoms with van der Waals surface area (Å²) in [5, 5.41) is 6.18. The molecule has 1 aliphatic heterocycles. The molecular formula is C30H29ClN2O5. The van der Waals surface area contributed by atoms with Gasteiger partial charge in [-0.2, -0.15) is 0 Å². The van der Waals surface area contributed by atoms with Gasteiger partial charge in [-0.3, -0.25) is 9.59 Å². The number of hydrogen-bond acceptors (Lipinski definition) is 5. The van der Waals surface area contributed by atoms with Crippen molar-refractivity contribution in [3.63, 3.8) is 0 Å². The van der Waals surface area contributed by atoms with E-state index in [1.54, 1.807) is 44.6 Å². The second-order valence-electron chi connectivity index (χ2n) is 8.66. The molecule has 7 nitrogen and oxygen atoms in total. The number of ether oxygens (including phenoxy) is 3. The number of para-hydroxylation sites is 1. The van der Waals surface area contributed by atoms with Gasteiger partial charge in [-0.25, -0.2) is 0 Å². The minimum Gasteiger partial charge on any atom is -0.493 e. The second kappa shape index (κ2) is 12.3. The van der Waals surface area contributed by atoms with Crippen LogP contribution in [0.25, 0.3) is 6.08 Å². The lowest BCUT2D eigenvalue weighted by molar-refractivity contribution is -0.117. The zero-order valence-corrected chi connectivity index (χ0v) is 22.2. The van der Waals surface area contributed by atoms with Crippen LogP contribution >= 0.6 is 11.6 Å². The number of hydrogen-bond donors (Lipinski definition) is 2. The van der Waals surface area contributed by atoms with Gasteiger partial charge in [-0.1, -0.05) is 35.9 Å². The Morgan fingerprint density at radius 2 is 1.74 bits per heavy atom. The van der Waals surface area contributed by atoms with Crippen LogP contribution in [0.2, 0.25) is 5.02 Å². The Morgan fingerprint density at radius 3 is 2.47 bits per heavy atom. The van der Waals surface area contributed by atoms with E-state index in [1.165, 1.54) is 0 Å². The first-order chi connectivity index (χ1) is 18.4. The van der Waals surface area contributed by atoms with Gasteiger partial charge in [-0.15, -0.1) is 0 Å². The maximum atomic E-state index is 13.3.